The zero-order valence-electron chi connectivity index (χ0n) is 15.4. The van der Waals surface area contributed by atoms with Gasteiger partial charge in [-0.3, -0.25) is 4.79 Å². The molecule has 0 spiro atoms. The molecule has 0 saturated carbocycles. The van der Waals surface area contributed by atoms with Crippen molar-refractivity contribution in [3.05, 3.63) is 47.8 Å². The second-order valence-electron chi connectivity index (χ2n) is 5.90. The number of quaternary nitrogens is 1. The van der Waals surface area contributed by atoms with E-state index in [1.807, 2.05) is 7.05 Å². The second-order valence-corrected chi connectivity index (χ2v) is 5.90. The second kappa shape index (κ2) is 9.05. The van der Waals surface area contributed by atoms with Crippen LogP contribution in [0.4, 0.5) is 10.1 Å². The summed E-state index contributed by atoms with van der Waals surface area (Å²) in [4.78, 5) is 13.2. The standard InChI is InChI=1S/C19H23FN2O4/c1-22(11-13-5-7-16(24-2)15(20)9-13)12-19(23)21-14-6-8-17(25-3)18(10-14)26-4/h5-10H,11-12H2,1-4H3,(H,21,23)/p+1. The lowest BCUT2D eigenvalue weighted by molar-refractivity contribution is -0.885. The Labute approximate surface area is 152 Å². The van der Waals surface area contributed by atoms with Gasteiger partial charge in [0.25, 0.3) is 5.91 Å². The van der Waals surface area contributed by atoms with E-state index in [4.69, 9.17) is 14.2 Å². The van der Waals surface area contributed by atoms with Crippen LogP contribution in [0.1, 0.15) is 5.56 Å². The molecule has 1 unspecified atom stereocenters. The van der Waals surface area contributed by atoms with Gasteiger partial charge in [0.15, 0.2) is 29.6 Å². The SMILES string of the molecule is COc1ccc(C[NH+](C)CC(=O)Nc2ccc(OC)c(OC)c2)cc1F. The highest BCUT2D eigenvalue weighted by Gasteiger charge is 2.13. The molecular weight excluding hydrogens is 339 g/mol. The van der Waals surface area contributed by atoms with E-state index in [1.54, 1.807) is 37.4 Å². The number of hydrogen-bond donors (Lipinski definition) is 2. The van der Waals surface area contributed by atoms with E-state index in [0.717, 1.165) is 10.5 Å². The molecule has 0 radical (unpaired) electrons. The number of hydrogen-bond acceptors (Lipinski definition) is 4. The first kappa shape index (κ1) is 19.5. The number of rotatable bonds is 8. The van der Waals surface area contributed by atoms with E-state index in [0.29, 0.717) is 23.7 Å². The maximum absolute atomic E-state index is 13.7. The number of ether oxygens (including phenoxy) is 3. The Morgan fingerprint density at radius 2 is 1.65 bits per heavy atom. The van der Waals surface area contributed by atoms with Crippen LogP contribution < -0.4 is 24.4 Å². The van der Waals surface area contributed by atoms with Crippen LogP contribution in [-0.2, 0) is 11.3 Å². The highest BCUT2D eigenvalue weighted by molar-refractivity contribution is 5.91. The number of methoxy groups -OCH3 is 3. The number of benzene rings is 2. The van der Waals surface area contributed by atoms with Gasteiger partial charge in [0.1, 0.15) is 6.54 Å². The molecule has 1 atom stereocenters. The molecule has 0 aromatic heterocycles. The Morgan fingerprint density at radius 3 is 2.27 bits per heavy atom. The van der Waals surface area contributed by atoms with Crippen molar-refractivity contribution < 1.29 is 28.3 Å². The smallest absolute Gasteiger partial charge is 0.279 e. The molecule has 2 aromatic carbocycles. The molecule has 6 nitrogen and oxygen atoms in total. The van der Waals surface area contributed by atoms with Crippen LogP contribution in [-0.4, -0.2) is 40.8 Å². The van der Waals surface area contributed by atoms with E-state index in [-0.39, 0.29) is 18.2 Å². The fraction of sp³-hybridized carbons (Fsp3) is 0.316. The van der Waals surface area contributed by atoms with Gasteiger partial charge in [-0.1, -0.05) is 0 Å². The van der Waals surface area contributed by atoms with E-state index in [2.05, 4.69) is 5.32 Å². The first-order valence-electron chi connectivity index (χ1n) is 8.12. The van der Waals surface area contributed by atoms with Crippen molar-refractivity contribution in [3.8, 4) is 17.2 Å². The van der Waals surface area contributed by atoms with Crippen LogP contribution in [0, 0.1) is 5.82 Å². The molecule has 0 aliphatic rings. The van der Waals surface area contributed by atoms with Gasteiger partial charge >= 0.3 is 0 Å². The van der Waals surface area contributed by atoms with Crippen LogP contribution in [0.3, 0.4) is 0 Å². The molecule has 0 aliphatic carbocycles. The summed E-state index contributed by atoms with van der Waals surface area (Å²) in [6.45, 7) is 0.752. The Balaban J connectivity index is 1.93. The van der Waals surface area contributed by atoms with Gasteiger partial charge in [-0.05, 0) is 30.3 Å². The summed E-state index contributed by atoms with van der Waals surface area (Å²) >= 11 is 0. The quantitative estimate of drug-likeness (QED) is 0.746. The third-order valence-corrected chi connectivity index (χ3v) is 3.85. The fourth-order valence-corrected chi connectivity index (χ4v) is 2.62. The molecule has 0 heterocycles. The van der Waals surface area contributed by atoms with Crippen LogP contribution in [0.5, 0.6) is 17.2 Å². The Bertz CT molecular complexity index is 767. The topological polar surface area (TPSA) is 61.2 Å². The summed E-state index contributed by atoms with van der Waals surface area (Å²) in [5.74, 6) is 0.781. The van der Waals surface area contributed by atoms with Crippen molar-refractivity contribution in [1.82, 2.24) is 0 Å². The number of likely N-dealkylation sites (N-methyl/N-ethyl adjacent to an activating group) is 1. The first-order chi connectivity index (χ1) is 12.5. The van der Waals surface area contributed by atoms with Crippen molar-refractivity contribution >= 4 is 11.6 Å². The Hall–Kier alpha value is -2.80. The summed E-state index contributed by atoms with van der Waals surface area (Å²) in [6.07, 6.45) is 0. The van der Waals surface area contributed by atoms with Gasteiger partial charge in [0, 0.05) is 17.3 Å². The average Bonchev–Trinajstić information content (AvgIpc) is 2.61. The highest BCUT2D eigenvalue weighted by atomic mass is 19.1. The molecule has 1 amide bonds. The lowest BCUT2D eigenvalue weighted by atomic mass is 10.2. The Morgan fingerprint density at radius 1 is 1.00 bits per heavy atom. The molecule has 2 N–H and O–H groups in total. The molecule has 26 heavy (non-hydrogen) atoms. The minimum absolute atomic E-state index is 0.149. The third kappa shape index (κ3) is 5.10. The predicted octanol–water partition coefficient (Wildman–Crippen LogP) is 1.50. The van der Waals surface area contributed by atoms with Gasteiger partial charge in [-0.2, -0.15) is 0 Å². The number of anilines is 1. The van der Waals surface area contributed by atoms with Gasteiger partial charge in [-0.25, -0.2) is 4.39 Å². The average molecular weight is 363 g/mol. The zero-order valence-corrected chi connectivity index (χ0v) is 15.4. The third-order valence-electron chi connectivity index (χ3n) is 3.85. The van der Waals surface area contributed by atoms with E-state index in [1.165, 1.54) is 20.3 Å². The summed E-state index contributed by atoms with van der Waals surface area (Å²) in [5.41, 5.74) is 1.41. The zero-order chi connectivity index (χ0) is 19.1. The fourth-order valence-electron chi connectivity index (χ4n) is 2.62. The maximum Gasteiger partial charge on any atom is 0.279 e. The van der Waals surface area contributed by atoms with Crippen molar-refractivity contribution in [3.63, 3.8) is 0 Å². The van der Waals surface area contributed by atoms with Crippen molar-refractivity contribution in [2.75, 3.05) is 40.2 Å². The molecule has 0 aliphatic heterocycles. The van der Waals surface area contributed by atoms with Crippen LogP contribution >= 0.6 is 0 Å². The largest absolute Gasteiger partial charge is 0.494 e. The monoisotopic (exact) mass is 363 g/mol. The molecule has 0 fully saturated rings. The number of carbonyl (C=O) groups is 1. The van der Waals surface area contributed by atoms with Gasteiger partial charge < -0.3 is 24.4 Å². The number of amides is 1. The Kier molecular flexibility index (Phi) is 6.80. The molecule has 7 heteroatoms. The maximum atomic E-state index is 13.7. The van der Waals surface area contributed by atoms with Crippen LogP contribution in [0.25, 0.3) is 0 Å². The van der Waals surface area contributed by atoms with E-state index >= 15 is 0 Å². The molecule has 0 bridgehead atoms. The first-order valence-corrected chi connectivity index (χ1v) is 8.12. The van der Waals surface area contributed by atoms with Crippen LogP contribution in [0.15, 0.2) is 36.4 Å². The molecule has 2 aromatic rings. The van der Waals surface area contributed by atoms with Crippen molar-refractivity contribution in [2.24, 2.45) is 0 Å². The number of nitrogens with one attached hydrogen (secondary N) is 2. The lowest BCUT2D eigenvalue weighted by Gasteiger charge is -2.15. The summed E-state index contributed by atoms with van der Waals surface area (Å²) in [5, 5.41) is 2.82. The van der Waals surface area contributed by atoms with Crippen LogP contribution in [0.2, 0.25) is 0 Å². The van der Waals surface area contributed by atoms with E-state index < -0.39 is 5.82 Å². The summed E-state index contributed by atoms with van der Waals surface area (Å²) < 4.78 is 29.0. The highest BCUT2D eigenvalue weighted by Crippen LogP contribution is 2.29. The molecular formula is C19H24FN2O4+. The van der Waals surface area contributed by atoms with E-state index in [9.17, 15) is 9.18 Å². The molecule has 0 saturated heterocycles. The van der Waals surface area contributed by atoms with Crippen molar-refractivity contribution in [1.29, 1.82) is 0 Å². The predicted molar refractivity (Wildman–Crippen MR) is 96.6 cm³/mol. The summed E-state index contributed by atoms with van der Waals surface area (Å²) in [6, 6.07) is 9.97. The summed E-state index contributed by atoms with van der Waals surface area (Å²) in [7, 11) is 6.38. The molecule has 2 rings (SSSR count). The normalized spacial score (nSPS) is 11.6. The number of carbonyl (C=O) groups excluding carboxylic acids is 1. The van der Waals surface area contributed by atoms with Crippen molar-refractivity contribution in [2.45, 2.75) is 6.54 Å². The lowest BCUT2D eigenvalue weighted by Crippen LogP contribution is -3.08. The van der Waals surface area contributed by atoms with Gasteiger partial charge in [0.05, 0.1) is 28.4 Å². The van der Waals surface area contributed by atoms with Gasteiger partial charge in [0.2, 0.25) is 0 Å². The minimum Gasteiger partial charge on any atom is -0.494 e. The number of halogens is 1. The van der Waals surface area contributed by atoms with Gasteiger partial charge in [-0.15, -0.1) is 0 Å². The molecule has 140 valence electrons. The minimum atomic E-state index is -0.410.